The van der Waals surface area contributed by atoms with Crippen LogP contribution in [0.3, 0.4) is 0 Å². The second-order valence-electron chi connectivity index (χ2n) is 9.57. The fourth-order valence-corrected chi connectivity index (χ4v) is 6.20. The van der Waals surface area contributed by atoms with Gasteiger partial charge in [-0.05, 0) is 49.9 Å². The molecular weight excluding hydrogens is 526 g/mol. The Morgan fingerprint density at radius 3 is 2.49 bits per heavy atom. The van der Waals surface area contributed by atoms with Crippen LogP contribution in [0.1, 0.15) is 40.5 Å². The Labute approximate surface area is 230 Å². The number of carbonyl (C=O) groups excluding carboxylic acids is 3. The van der Waals surface area contributed by atoms with Gasteiger partial charge in [-0.3, -0.25) is 19.3 Å². The number of methoxy groups -OCH3 is 1. The number of amides is 3. The van der Waals surface area contributed by atoms with Crippen LogP contribution in [-0.2, 0) is 9.53 Å². The van der Waals surface area contributed by atoms with Crippen LogP contribution in [0.15, 0.2) is 30.3 Å². The molecule has 12 heteroatoms. The highest BCUT2D eigenvalue weighted by Crippen LogP contribution is 2.35. The number of hydrogen-bond donors (Lipinski definition) is 5. The van der Waals surface area contributed by atoms with Crippen molar-refractivity contribution in [2.45, 2.75) is 49.6 Å². The first-order valence-corrected chi connectivity index (χ1v) is 14.0. The maximum Gasteiger partial charge on any atom is 0.261 e. The molecule has 2 heterocycles. The SMILES string of the molecule is COc1ccc2c3c(cccc13)C(=O)N(CCCNCCCS[C@@H]1O[C@H](CO)[C@@H](O)[C@H](O)[C@H]1NC(C)=O)C2=O. The summed E-state index contributed by atoms with van der Waals surface area (Å²) in [6, 6.07) is 8.02. The Morgan fingerprint density at radius 2 is 1.79 bits per heavy atom. The Balaban J connectivity index is 1.22. The number of hydrogen-bond acceptors (Lipinski definition) is 10. The fraction of sp³-hybridized carbons (Fsp3) is 0.519. The average Bonchev–Trinajstić information content (AvgIpc) is 2.93. The van der Waals surface area contributed by atoms with Gasteiger partial charge in [0.05, 0.1) is 19.8 Å². The first-order chi connectivity index (χ1) is 18.8. The lowest BCUT2D eigenvalue weighted by molar-refractivity contribution is -0.173. The molecular formula is C27H35N3O8S. The molecule has 0 aliphatic carbocycles. The van der Waals surface area contributed by atoms with Crippen molar-refractivity contribution in [3.63, 3.8) is 0 Å². The Bertz CT molecular complexity index is 1190. The summed E-state index contributed by atoms with van der Waals surface area (Å²) in [5, 5.41) is 37.2. The van der Waals surface area contributed by atoms with Gasteiger partial charge in [-0.15, -0.1) is 11.8 Å². The number of benzene rings is 2. The summed E-state index contributed by atoms with van der Waals surface area (Å²) in [7, 11) is 1.56. The van der Waals surface area contributed by atoms with Crippen LogP contribution >= 0.6 is 11.8 Å². The maximum absolute atomic E-state index is 13.1. The van der Waals surface area contributed by atoms with Crippen LogP contribution < -0.4 is 15.4 Å². The number of rotatable bonds is 12. The van der Waals surface area contributed by atoms with Gasteiger partial charge in [-0.2, -0.15) is 0 Å². The molecule has 0 saturated carbocycles. The molecule has 0 spiro atoms. The zero-order valence-corrected chi connectivity index (χ0v) is 22.8. The van der Waals surface area contributed by atoms with Crippen molar-refractivity contribution in [3.8, 4) is 5.75 Å². The van der Waals surface area contributed by atoms with Gasteiger partial charge in [-0.25, -0.2) is 0 Å². The molecule has 39 heavy (non-hydrogen) atoms. The van der Waals surface area contributed by atoms with Gasteiger partial charge < -0.3 is 35.4 Å². The first kappa shape index (κ1) is 29.2. The van der Waals surface area contributed by atoms with E-state index in [1.807, 2.05) is 6.07 Å². The highest BCUT2D eigenvalue weighted by Gasteiger charge is 2.44. The monoisotopic (exact) mass is 561 g/mol. The molecule has 2 aliphatic heterocycles. The topological polar surface area (TPSA) is 158 Å². The van der Waals surface area contributed by atoms with E-state index in [1.165, 1.54) is 23.6 Å². The van der Waals surface area contributed by atoms with Crippen molar-refractivity contribution >= 4 is 40.3 Å². The van der Waals surface area contributed by atoms with E-state index in [-0.39, 0.29) is 17.7 Å². The molecule has 2 aromatic carbocycles. The number of thioether (sulfide) groups is 1. The highest BCUT2D eigenvalue weighted by atomic mass is 32.2. The summed E-state index contributed by atoms with van der Waals surface area (Å²) < 4.78 is 11.1. The van der Waals surface area contributed by atoms with E-state index < -0.39 is 36.4 Å². The minimum atomic E-state index is -1.30. The maximum atomic E-state index is 13.1. The molecule has 4 rings (SSSR count). The smallest absolute Gasteiger partial charge is 0.261 e. The second-order valence-corrected chi connectivity index (χ2v) is 10.8. The number of imide groups is 1. The molecule has 11 nitrogen and oxygen atoms in total. The van der Waals surface area contributed by atoms with Crippen LogP contribution in [0.4, 0.5) is 0 Å². The largest absolute Gasteiger partial charge is 0.496 e. The van der Waals surface area contributed by atoms with Crippen molar-refractivity contribution in [2.24, 2.45) is 0 Å². The van der Waals surface area contributed by atoms with Gasteiger partial charge >= 0.3 is 0 Å². The summed E-state index contributed by atoms with van der Waals surface area (Å²) >= 11 is 1.39. The molecule has 5 N–H and O–H groups in total. The molecule has 212 valence electrons. The number of aliphatic hydroxyl groups excluding tert-OH is 3. The Hall–Kier alpha value is -2.74. The van der Waals surface area contributed by atoms with Crippen LogP contribution in [-0.4, -0.2) is 107 Å². The summed E-state index contributed by atoms with van der Waals surface area (Å²) in [4.78, 5) is 39.0. The van der Waals surface area contributed by atoms with Crippen LogP contribution in [0.5, 0.6) is 5.75 Å². The Morgan fingerprint density at radius 1 is 1.08 bits per heavy atom. The van der Waals surface area contributed by atoms with Crippen molar-refractivity contribution in [2.75, 3.05) is 39.1 Å². The summed E-state index contributed by atoms with van der Waals surface area (Å²) in [6.07, 6.45) is -2.14. The van der Waals surface area contributed by atoms with E-state index in [1.54, 1.807) is 31.4 Å². The van der Waals surface area contributed by atoms with Gasteiger partial charge in [0.15, 0.2) is 0 Å². The molecule has 0 radical (unpaired) electrons. The van der Waals surface area contributed by atoms with Gasteiger partial charge in [-0.1, -0.05) is 12.1 Å². The standard InChI is InChI=1S/C27H35N3O8S/c1-15(32)29-22-24(34)23(33)20(14-31)38-27(22)39-13-5-11-28-10-4-12-30-25(35)17-7-3-6-16-19(37-2)9-8-18(21(16)17)26(30)36/h3,6-9,20,22-24,27-28,31,33-34H,4-5,10-14H2,1-2H3,(H,29,32)/t20-,22-,23-,24-,27+/m1/s1. The predicted octanol–water partition coefficient (Wildman–Crippen LogP) is 0.491. The van der Waals surface area contributed by atoms with Crippen LogP contribution in [0.2, 0.25) is 0 Å². The minimum Gasteiger partial charge on any atom is -0.496 e. The molecule has 1 saturated heterocycles. The molecule has 1 fully saturated rings. The first-order valence-electron chi connectivity index (χ1n) is 13.0. The molecule has 0 aromatic heterocycles. The van der Waals surface area contributed by atoms with Crippen molar-refractivity contribution in [3.05, 3.63) is 41.5 Å². The number of nitrogens with one attached hydrogen (secondary N) is 2. The number of aliphatic hydroxyl groups is 3. The summed E-state index contributed by atoms with van der Waals surface area (Å²) in [5.41, 5.74) is 0.372. The quantitative estimate of drug-likeness (QED) is 0.182. The van der Waals surface area contributed by atoms with E-state index in [0.717, 1.165) is 11.8 Å². The lowest BCUT2D eigenvalue weighted by atomic mass is 9.93. The van der Waals surface area contributed by atoms with E-state index in [2.05, 4.69) is 10.6 Å². The molecule has 0 unspecified atom stereocenters. The zero-order valence-electron chi connectivity index (χ0n) is 22.0. The van der Waals surface area contributed by atoms with Crippen molar-refractivity contribution < 1.29 is 39.2 Å². The molecule has 0 bridgehead atoms. The number of ether oxygens (including phenoxy) is 2. The zero-order chi connectivity index (χ0) is 28.1. The van der Waals surface area contributed by atoms with Crippen LogP contribution in [0, 0.1) is 0 Å². The van der Waals surface area contributed by atoms with E-state index in [9.17, 15) is 29.7 Å². The lowest BCUT2D eigenvalue weighted by Crippen LogP contribution is -2.63. The lowest BCUT2D eigenvalue weighted by Gasteiger charge is -2.42. The summed E-state index contributed by atoms with van der Waals surface area (Å²) in [6.45, 7) is 2.44. The molecule has 5 atom stereocenters. The molecule has 3 amide bonds. The average molecular weight is 562 g/mol. The van der Waals surface area contributed by atoms with E-state index in [0.29, 0.717) is 54.1 Å². The van der Waals surface area contributed by atoms with Gasteiger partial charge in [0.1, 0.15) is 29.5 Å². The van der Waals surface area contributed by atoms with Gasteiger partial charge in [0.2, 0.25) is 5.91 Å². The third-order valence-electron chi connectivity index (χ3n) is 6.94. The third-order valence-corrected chi connectivity index (χ3v) is 8.19. The van der Waals surface area contributed by atoms with E-state index >= 15 is 0 Å². The minimum absolute atomic E-state index is 0.290. The normalized spacial score (nSPS) is 24.7. The van der Waals surface area contributed by atoms with Crippen LogP contribution in [0.25, 0.3) is 10.8 Å². The predicted molar refractivity (Wildman–Crippen MR) is 146 cm³/mol. The Kier molecular flexibility index (Phi) is 9.81. The van der Waals surface area contributed by atoms with E-state index in [4.69, 9.17) is 9.47 Å². The molecule has 2 aromatic rings. The third kappa shape index (κ3) is 6.21. The fourth-order valence-electron chi connectivity index (χ4n) is 5.00. The molecule has 2 aliphatic rings. The van der Waals surface area contributed by atoms with Gasteiger partial charge in [0, 0.05) is 35.4 Å². The second kappa shape index (κ2) is 13.1. The number of carbonyl (C=O) groups is 3. The summed E-state index contributed by atoms with van der Waals surface area (Å²) in [5.74, 6) is 0.293. The highest BCUT2D eigenvalue weighted by molar-refractivity contribution is 7.99. The van der Waals surface area contributed by atoms with Crippen molar-refractivity contribution in [1.82, 2.24) is 15.5 Å². The number of nitrogens with zero attached hydrogens (tertiary/aromatic N) is 1. The van der Waals surface area contributed by atoms with Gasteiger partial charge in [0.25, 0.3) is 11.8 Å². The van der Waals surface area contributed by atoms with Crippen molar-refractivity contribution in [1.29, 1.82) is 0 Å².